The first-order chi connectivity index (χ1) is 18.2. The Morgan fingerprint density at radius 2 is 1.27 bits per heavy atom. The highest BCUT2D eigenvalue weighted by Crippen LogP contribution is 2.30. The Hall–Kier alpha value is -3.58. The summed E-state index contributed by atoms with van der Waals surface area (Å²) < 4.78 is 0. The molecule has 2 aromatic rings. The van der Waals surface area contributed by atoms with Crippen LogP contribution in [0.2, 0.25) is 0 Å². The molecular formula is C36H51N. The largest absolute Gasteiger partial charge is 0.311 e. The summed E-state index contributed by atoms with van der Waals surface area (Å²) in [4.78, 5) is 2.26. The molecule has 0 fully saturated rings. The Labute approximate surface area is 229 Å². The number of benzene rings is 2. The summed E-state index contributed by atoms with van der Waals surface area (Å²) in [5.74, 6) is 0. The first-order valence-corrected chi connectivity index (χ1v) is 13.7. The summed E-state index contributed by atoms with van der Waals surface area (Å²) in [6.07, 6.45) is 26.7. The highest BCUT2D eigenvalue weighted by atomic mass is 15.1. The van der Waals surface area contributed by atoms with Crippen molar-refractivity contribution < 1.29 is 0 Å². The zero-order valence-electron chi connectivity index (χ0n) is 24.7. The molecule has 0 atom stereocenters. The van der Waals surface area contributed by atoms with Crippen molar-refractivity contribution in [1.29, 1.82) is 0 Å². The van der Waals surface area contributed by atoms with Crippen LogP contribution >= 0.6 is 0 Å². The third-order valence-corrected chi connectivity index (χ3v) is 4.36. The second-order valence-electron chi connectivity index (χ2n) is 7.25. The van der Waals surface area contributed by atoms with E-state index in [1.54, 1.807) is 6.08 Å². The zero-order chi connectivity index (χ0) is 28.2. The minimum atomic E-state index is 0.911. The summed E-state index contributed by atoms with van der Waals surface area (Å²) in [5, 5.41) is 0. The fourth-order valence-corrected chi connectivity index (χ4v) is 2.93. The number of allylic oxidation sites excluding steroid dienone is 11. The average molecular weight is 498 g/mol. The van der Waals surface area contributed by atoms with Crippen molar-refractivity contribution >= 4 is 17.5 Å². The van der Waals surface area contributed by atoms with Gasteiger partial charge in [-0.2, -0.15) is 0 Å². The molecule has 0 saturated carbocycles. The van der Waals surface area contributed by atoms with Gasteiger partial charge in [-0.15, -0.1) is 0 Å². The van der Waals surface area contributed by atoms with E-state index in [-0.39, 0.29) is 0 Å². The van der Waals surface area contributed by atoms with Crippen molar-refractivity contribution in [2.45, 2.75) is 68.2 Å². The molecule has 2 rings (SSSR count). The molecule has 0 N–H and O–H groups in total. The van der Waals surface area contributed by atoms with Gasteiger partial charge in [-0.05, 0) is 56.2 Å². The summed E-state index contributed by atoms with van der Waals surface area (Å²) >= 11 is 0. The molecule has 0 aliphatic carbocycles. The van der Waals surface area contributed by atoms with Crippen molar-refractivity contribution in [2.24, 2.45) is 0 Å². The molecule has 200 valence electrons. The van der Waals surface area contributed by atoms with Gasteiger partial charge in [0.05, 0.1) is 0 Å². The number of rotatable bonds is 10. The monoisotopic (exact) mass is 497 g/mol. The van der Waals surface area contributed by atoms with Gasteiger partial charge in [-0.3, -0.25) is 0 Å². The quantitative estimate of drug-likeness (QED) is 0.295. The summed E-state index contributed by atoms with van der Waals surface area (Å²) in [6, 6.07) is 19.1. The fourth-order valence-electron chi connectivity index (χ4n) is 2.93. The van der Waals surface area contributed by atoms with Gasteiger partial charge in [0.15, 0.2) is 0 Å². The molecule has 0 amide bonds. The van der Waals surface area contributed by atoms with Crippen LogP contribution < -0.4 is 4.90 Å². The summed E-state index contributed by atoms with van der Waals surface area (Å²) in [5.41, 5.74) is 4.60. The van der Waals surface area contributed by atoms with E-state index in [2.05, 4.69) is 129 Å². The maximum absolute atomic E-state index is 3.65. The van der Waals surface area contributed by atoms with E-state index in [1.165, 1.54) is 12.0 Å². The van der Waals surface area contributed by atoms with E-state index in [0.29, 0.717) is 0 Å². The third-order valence-electron chi connectivity index (χ3n) is 4.36. The molecule has 0 saturated heterocycles. The van der Waals surface area contributed by atoms with E-state index < -0.39 is 0 Å². The Morgan fingerprint density at radius 3 is 1.78 bits per heavy atom. The maximum Gasteiger partial charge on any atom is 0.0461 e. The number of anilines is 2. The Kier molecular flexibility index (Phi) is 26.0. The topological polar surface area (TPSA) is 3.24 Å². The molecule has 0 aromatic heterocycles. The van der Waals surface area contributed by atoms with Crippen LogP contribution in [0.3, 0.4) is 0 Å². The molecule has 0 radical (unpaired) electrons. The van der Waals surface area contributed by atoms with Crippen LogP contribution in [0.5, 0.6) is 0 Å². The van der Waals surface area contributed by atoms with Crippen molar-refractivity contribution in [1.82, 2.24) is 0 Å². The van der Waals surface area contributed by atoms with Gasteiger partial charge in [0.25, 0.3) is 0 Å². The molecule has 2 aromatic carbocycles. The molecule has 1 nitrogen and oxygen atoms in total. The van der Waals surface area contributed by atoms with Gasteiger partial charge >= 0.3 is 0 Å². The SMILES string of the molecule is C=C/C=C\C=C/C/C=C/C=C/c1ccc(N(C(/C=C\C)=C/C)c2ccccc2)cc1.CC.CC.CCC. The van der Waals surface area contributed by atoms with Gasteiger partial charge in [-0.1, -0.05) is 152 Å². The molecule has 0 heterocycles. The molecule has 0 aliphatic rings. The van der Waals surface area contributed by atoms with Gasteiger partial charge in [-0.25, -0.2) is 0 Å². The lowest BCUT2D eigenvalue weighted by atomic mass is 10.1. The first kappa shape index (κ1) is 35.6. The maximum atomic E-state index is 3.65. The lowest BCUT2D eigenvalue weighted by Gasteiger charge is -2.26. The third kappa shape index (κ3) is 16.7. The molecule has 1 heteroatoms. The standard InChI is InChI=1S/C29H31N.C3H8.2C2H6/c1-4-7-8-9-10-11-12-13-15-19-26-22-24-29(25-23-26)30(27(6-3)18-5-2)28-20-16-14-17-21-28;1-3-2;2*1-2/h4-10,12-25H,1,11H2,2-3H3;3H2,1-2H3;2*1-2H3/b8-7-,10-9-,13-12+,18-5-,19-15+,27-6+;;;. The lowest BCUT2D eigenvalue weighted by Crippen LogP contribution is -2.14. The molecule has 0 unspecified atom stereocenters. The second kappa shape index (κ2) is 27.0. The van der Waals surface area contributed by atoms with Crippen LogP contribution in [0.25, 0.3) is 6.08 Å². The van der Waals surface area contributed by atoms with Crippen molar-refractivity contribution in [2.75, 3.05) is 4.90 Å². The van der Waals surface area contributed by atoms with E-state index in [0.717, 1.165) is 23.5 Å². The van der Waals surface area contributed by atoms with Gasteiger partial charge in [0.1, 0.15) is 0 Å². The van der Waals surface area contributed by atoms with E-state index in [1.807, 2.05) is 58.9 Å². The number of para-hydroxylation sites is 1. The Bertz CT molecular complexity index is 951. The Balaban J connectivity index is 0. The van der Waals surface area contributed by atoms with Gasteiger partial charge in [0.2, 0.25) is 0 Å². The van der Waals surface area contributed by atoms with Crippen LogP contribution in [0.4, 0.5) is 11.4 Å². The predicted octanol–water partition coefficient (Wildman–Crippen LogP) is 12.0. The first-order valence-electron chi connectivity index (χ1n) is 13.7. The normalized spacial score (nSPS) is 11.2. The number of hydrogen-bond donors (Lipinski definition) is 0. The lowest BCUT2D eigenvalue weighted by molar-refractivity contribution is 1.09. The predicted molar refractivity (Wildman–Crippen MR) is 174 cm³/mol. The van der Waals surface area contributed by atoms with E-state index >= 15 is 0 Å². The molecule has 0 aliphatic heterocycles. The highest BCUT2D eigenvalue weighted by Gasteiger charge is 2.11. The molecule has 0 bridgehead atoms. The second-order valence-corrected chi connectivity index (χ2v) is 7.25. The van der Waals surface area contributed by atoms with Crippen molar-refractivity contribution in [3.63, 3.8) is 0 Å². The molecule has 0 spiro atoms. The smallest absolute Gasteiger partial charge is 0.0461 e. The van der Waals surface area contributed by atoms with Crippen LogP contribution in [-0.2, 0) is 0 Å². The van der Waals surface area contributed by atoms with Crippen LogP contribution in [-0.4, -0.2) is 0 Å². The molecule has 37 heavy (non-hydrogen) atoms. The minimum Gasteiger partial charge on any atom is -0.311 e. The van der Waals surface area contributed by atoms with Gasteiger partial charge in [0, 0.05) is 17.1 Å². The zero-order valence-corrected chi connectivity index (χ0v) is 24.7. The summed E-state index contributed by atoms with van der Waals surface area (Å²) in [7, 11) is 0. The van der Waals surface area contributed by atoms with E-state index in [4.69, 9.17) is 0 Å². The van der Waals surface area contributed by atoms with Crippen LogP contribution in [0.1, 0.15) is 73.8 Å². The van der Waals surface area contributed by atoms with Crippen LogP contribution in [0, 0.1) is 0 Å². The van der Waals surface area contributed by atoms with Gasteiger partial charge < -0.3 is 4.90 Å². The highest BCUT2D eigenvalue weighted by molar-refractivity contribution is 5.71. The Morgan fingerprint density at radius 1 is 0.730 bits per heavy atom. The summed E-state index contributed by atoms with van der Waals surface area (Å²) in [6.45, 7) is 20.0. The van der Waals surface area contributed by atoms with Crippen molar-refractivity contribution in [3.8, 4) is 0 Å². The fraction of sp³-hybridized carbons (Fsp3) is 0.278. The number of hydrogen-bond acceptors (Lipinski definition) is 1. The van der Waals surface area contributed by atoms with Crippen molar-refractivity contribution in [3.05, 3.63) is 139 Å². The number of nitrogens with zero attached hydrogens (tertiary/aromatic N) is 1. The van der Waals surface area contributed by atoms with E-state index in [9.17, 15) is 0 Å². The minimum absolute atomic E-state index is 0.911. The molecular weight excluding hydrogens is 446 g/mol. The average Bonchev–Trinajstić information content (AvgIpc) is 2.96. The van der Waals surface area contributed by atoms with Crippen LogP contribution in [0.15, 0.2) is 134 Å².